The minimum atomic E-state index is -0.400. The first-order chi connectivity index (χ1) is 18.9. The van der Waals surface area contributed by atoms with E-state index in [1.54, 1.807) is 7.11 Å². The van der Waals surface area contributed by atoms with Gasteiger partial charge < -0.3 is 14.4 Å². The molecule has 0 unspecified atom stereocenters. The van der Waals surface area contributed by atoms with E-state index in [1.165, 1.54) is 5.56 Å². The molecular weight excluding hydrogens is 613 g/mol. The molecule has 0 saturated carbocycles. The van der Waals surface area contributed by atoms with Gasteiger partial charge in [-0.15, -0.1) is 0 Å². The van der Waals surface area contributed by atoms with Crippen molar-refractivity contribution in [3.8, 4) is 11.5 Å². The minimum Gasteiger partial charge on any atom is -0.493 e. The molecule has 2 aliphatic carbocycles. The van der Waals surface area contributed by atoms with Gasteiger partial charge in [-0.1, -0.05) is 58.0 Å². The quantitative estimate of drug-likeness (QED) is 0.288. The highest BCUT2D eigenvalue weighted by Gasteiger charge is 2.49. The van der Waals surface area contributed by atoms with Crippen molar-refractivity contribution in [1.82, 2.24) is 4.90 Å². The average Bonchev–Trinajstić information content (AvgIpc) is 2.87. The summed E-state index contributed by atoms with van der Waals surface area (Å²) < 4.78 is 12.6. The fraction of sp³-hybridized carbons (Fsp3) is 0.471. The van der Waals surface area contributed by atoms with E-state index in [1.807, 2.05) is 19.1 Å². The van der Waals surface area contributed by atoms with E-state index in [9.17, 15) is 9.59 Å². The van der Waals surface area contributed by atoms with E-state index in [4.69, 9.17) is 9.47 Å². The fourth-order valence-corrected chi connectivity index (χ4v) is 7.51. The Morgan fingerprint density at radius 2 is 1.48 bits per heavy atom. The van der Waals surface area contributed by atoms with E-state index < -0.39 is 5.92 Å². The average molecular weight is 654 g/mol. The normalized spacial score (nSPS) is 20.4. The smallest absolute Gasteiger partial charge is 0.174 e. The van der Waals surface area contributed by atoms with Crippen LogP contribution in [0.5, 0.6) is 11.5 Å². The van der Waals surface area contributed by atoms with Gasteiger partial charge in [-0.2, -0.15) is 0 Å². The van der Waals surface area contributed by atoms with Crippen LogP contribution < -0.4 is 9.47 Å². The van der Waals surface area contributed by atoms with Gasteiger partial charge in [0.2, 0.25) is 0 Å². The third-order valence-corrected chi connectivity index (χ3v) is 9.16. The third kappa shape index (κ3) is 5.48. The number of carbonyl (C=O) groups is 2. The maximum atomic E-state index is 14.1. The highest BCUT2D eigenvalue weighted by atomic mass is 127. The molecule has 0 amide bonds. The second kappa shape index (κ2) is 11.0. The number of nitrogens with zero attached hydrogens (tertiary/aromatic N) is 1. The van der Waals surface area contributed by atoms with E-state index in [0.29, 0.717) is 30.9 Å². The Kier molecular flexibility index (Phi) is 7.94. The topological polar surface area (TPSA) is 55.8 Å². The second-order valence-electron chi connectivity index (χ2n) is 12.9. The Hall–Kier alpha value is -2.61. The molecule has 6 heteroatoms. The molecular formula is C34H40INO4. The number of halogens is 1. The van der Waals surface area contributed by atoms with Crippen LogP contribution in [0.25, 0.3) is 0 Å². The summed E-state index contributed by atoms with van der Waals surface area (Å²) in [6.45, 7) is 11.9. The van der Waals surface area contributed by atoms with E-state index in [2.05, 4.69) is 85.5 Å². The molecule has 0 saturated heterocycles. The van der Waals surface area contributed by atoms with Crippen LogP contribution >= 0.6 is 22.6 Å². The molecule has 212 valence electrons. The molecule has 2 aromatic rings. The summed E-state index contributed by atoms with van der Waals surface area (Å²) in [5, 5.41) is 0. The predicted octanol–water partition coefficient (Wildman–Crippen LogP) is 7.63. The number of rotatable bonds is 7. The van der Waals surface area contributed by atoms with Crippen LogP contribution in [0.3, 0.4) is 0 Å². The molecule has 5 nitrogen and oxygen atoms in total. The van der Waals surface area contributed by atoms with Crippen LogP contribution in [0.2, 0.25) is 0 Å². The van der Waals surface area contributed by atoms with Crippen molar-refractivity contribution in [2.24, 2.45) is 10.8 Å². The van der Waals surface area contributed by atoms with Gasteiger partial charge in [0.1, 0.15) is 0 Å². The first-order valence-electron chi connectivity index (χ1n) is 14.3. The Balaban J connectivity index is 1.73. The SMILES string of the molecule is CCOc1c(I)cc(C2C3=C(CC(C)(C)CC3=O)N(CCc3ccccc3)C3=C2C(=O)CC(C)(C)C3)cc1OC. The molecule has 5 rings (SSSR count). The number of allylic oxidation sites excluding steroid dienone is 4. The maximum absolute atomic E-state index is 14.1. The minimum absolute atomic E-state index is 0.146. The largest absolute Gasteiger partial charge is 0.493 e. The van der Waals surface area contributed by atoms with Crippen LogP contribution in [-0.4, -0.2) is 36.7 Å². The van der Waals surface area contributed by atoms with Crippen molar-refractivity contribution in [2.75, 3.05) is 20.3 Å². The standard InChI is InChI=1S/C34H40INO4/c1-7-40-32-23(35)15-22(16-28(32)39-6)29-30-24(17-33(2,3)19-26(30)37)36(14-13-21-11-9-8-10-12-21)25-18-34(4,5)20-27(38)31(25)29/h8-12,15-16,29H,7,13-14,17-20H2,1-6H3. The van der Waals surface area contributed by atoms with E-state index in [-0.39, 0.29) is 22.4 Å². The van der Waals surface area contributed by atoms with Gasteiger partial charge in [0.15, 0.2) is 23.1 Å². The fourth-order valence-electron chi connectivity index (χ4n) is 6.73. The summed E-state index contributed by atoms with van der Waals surface area (Å²) in [5.74, 6) is 1.22. The number of benzene rings is 2. The summed E-state index contributed by atoms with van der Waals surface area (Å²) in [6.07, 6.45) is 3.40. The van der Waals surface area contributed by atoms with Gasteiger partial charge in [-0.05, 0) is 82.9 Å². The Labute approximate surface area is 252 Å². The number of Topliss-reactive ketones (excluding diaryl/α,β-unsaturated/α-hetero) is 2. The molecule has 40 heavy (non-hydrogen) atoms. The van der Waals surface area contributed by atoms with Crippen LogP contribution in [0.15, 0.2) is 65.0 Å². The first kappa shape index (κ1) is 28.9. The zero-order valence-corrected chi connectivity index (χ0v) is 26.7. The zero-order valence-electron chi connectivity index (χ0n) is 24.5. The molecule has 1 aliphatic heterocycles. The first-order valence-corrected chi connectivity index (χ1v) is 15.4. The molecule has 0 spiro atoms. The highest BCUT2D eigenvalue weighted by Crippen LogP contribution is 2.55. The number of hydrogen-bond donors (Lipinski definition) is 0. The molecule has 0 N–H and O–H groups in total. The maximum Gasteiger partial charge on any atom is 0.174 e. The van der Waals surface area contributed by atoms with E-state index in [0.717, 1.165) is 57.5 Å². The number of hydrogen-bond acceptors (Lipinski definition) is 5. The lowest BCUT2D eigenvalue weighted by Gasteiger charge is -2.49. The summed E-state index contributed by atoms with van der Waals surface area (Å²) in [7, 11) is 1.64. The van der Waals surface area contributed by atoms with Crippen molar-refractivity contribution >= 4 is 34.2 Å². The van der Waals surface area contributed by atoms with Crippen molar-refractivity contribution in [2.45, 2.75) is 72.6 Å². The third-order valence-electron chi connectivity index (χ3n) is 8.36. The van der Waals surface area contributed by atoms with Crippen LogP contribution in [0.1, 0.15) is 77.3 Å². The molecule has 3 aliphatic rings. The Morgan fingerprint density at radius 3 is 2.00 bits per heavy atom. The lowest BCUT2D eigenvalue weighted by Crippen LogP contribution is -2.45. The number of ether oxygens (including phenoxy) is 2. The molecule has 1 heterocycles. The summed E-state index contributed by atoms with van der Waals surface area (Å²) in [5.41, 5.74) is 5.65. The van der Waals surface area contributed by atoms with Gasteiger partial charge in [0.25, 0.3) is 0 Å². The summed E-state index contributed by atoms with van der Waals surface area (Å²) in [6, 6.07) is 14.5. The van der Waals surface area contributed by atoms with E-state index >= 15 is 0 Å². The van der Waals surface area contributed by atoms with Crippen LogP contribution in [-0.2, 0) is 16.0 Å². The number of carbonyl (C=O) groups excluding carboxylic acids is 2. The Morgan fingerprint density at radius 1 is 0.900 bits per heavy atom. The summed E-state index contributed by atoms with van der Waals surface area (Å²) in [4.78, 5) is 30.5. The predicted molar refractivity (Wildman–Crippen MR) is 167 cm³/mol. The van der Waals surface area contributed by atoms with Crippen LogP contribution in [0, 0.1) is 14.4 Å². The number of ketones is 2. The lowest BCUT2D eigenvalue weighted by molar-refractivity contribution is -0.119. The summed E-state index contributed by atoms with van der Waals surface area (Å²) >= 11 is 2.28. The van der Waals surface area contributed by atoms with Crippen molar-refractivity contribution in [3.05, 3.63) is 79.7 Å². The van der Waals surface area contributed by atoms with Crippen molar-refractivity contribution in [3.63, 3.8) is 0 Å². The molecule has 0 bridgehead atoms. The van der Waals surface area contributed by atoms with Gasteiger partial charge in [-0.25, -0.2) is 0 Å². The van der Waals surface area contributed by atoms with Gasteiger partial charge in [0, 0.05) is 47.8 Å². The molecule has 2 aromatic carbocycles. The Bertz CT molecular complexity index is 1350. The highest BCUT2D eigenvalue weighted by molar-refractivity contribution is 14.1. The monoisotopic (exact) mass is 653 g/mol. The van der Waals surface area contributed by atoms with Gasteiger partial charge in [0.05, 0.1) is 17.3 Å². The zero-order chi connectivity index (χ0) is 28.8. The van der Waals surface area contributed by atoms with Gasteiger partial charge in [-0.3, -0.25) is 9.59 Å². The lowest BCUT2D eigenvalue weighted by atomic mass is 9.63. The van der Waals surface area contributed by atoms with Crippen molar-refractivity contribution in [1.29, 1.82) is 0 Å². The van der Waals surface area contributed by atoms with Gasteiger partial charge >= 0.3 is 0 Å². The second-order valence-corrected chi connectivity index (χ2v) is 14.1. The van der Waals surface area contributed by atoms with Crippen molar-refractivity contribution < 1.29 is 19.1 Å². The molecule has 0 radical (unpaired) electrons. The number of methoxy groups -OCH3 is 1. The molecule has 0 fully saturated rings. The van der Waals surface area contributed by atoms with Crippen LogP contribution in [0.4, 0.5) is 0 Å². The molecule has 0 aromatic heterocycles. The molecule has 0 atom stereocenters.